The van der Waals surface area contributed by atoms with E-state index in [2.05, 4.69) is 5.32 Å². The number of rotatable bonds is 13. The van der Waals surface area contributed by atoms with Gasteiger partial charge in [-0.25, -0.2) is 22.6 Å². The predicted molar refractivity (Wildman–Crippen MR) is 160 cm³/mol. The van der Waals surface area contributed by atoms with Crippen molar-refractivity contribution >= 4 is 33.9 Å². The number of alkyl carbamates (subject to hydrolysis) is 1. The largest absolute Gasteiger partial charge is 0.497 e. The third kappa shape index (κ3) is 8.25. The smallest absolute Gasteiger partial charge is 0.407 e. The lowest BCUT2D eigenvalue weighted by atomic mass is 10.1. The maximum Gasteiger partial charge on any atom is 0.407 e. The van der Waals surface area contributed by atoms with Crippen LogP contribution in [0.1, 0.15) is 30.0 Å². The van der Waals surface area contributed by atoms with Crippen LogP contribution in [0.3, 0.4) is 0 Å². The van der Waals surface area contributed by atoms with E-state index in [1.807, 2.05) is 6.07 Å². The van der Waals surface area contributed by atoms with Crippen molar-refractivity contribution in [2.75, 3.05) is 24.6 Å². The first-order valence-corrected chi connectivity index (χ1v) is 15.3. The van der Waals surface area contributed by atoms with Crippen molar-refractivity contribution in [3.63, 3.8) is 0 Å². The van der Waals surface area contributed by atoms with Gasteiger partial charge in [0.2, 0.25) is 0 Å². The molecule has 3 aromatic carbocycles. The van der Waals surface area contributed by atoms with Gasteiger partial charge in [0.05, 0.1) is 19.3 Å². The topological polar surface area (TPSA) is 132 Å². The molecule has 1 N–H and O–H groups in total. The standard InChI is InChI=1S/C31H34FN3O8S/c1-3-25(32)21-43-31(38)33-28(30(37)42-20-23-8-5-4-6-9-23)17-24-10-7-11-26(16-24)34-19-29(36)35(44(34,39)40)18-22-12-14-27(41-2)15-13-22/h4-16,25,28H,3,17-21H2,1-2H3,(H,33,38). The van der Waals surface area contributed by atoms with Crippen molar-refractivity contribution < 1.29 is 41.4 Å². The van der Waals surface area contributed by atoms with Crippen molar-refractivity contribution in [3.8, 4) is 5.75 Å². The summed E-state index contributed by atoms with van der Waals surface area (Å²) in [6.45, 7) is 0.525. The molecule has 13 heteroatoms. The van der Waals surface area contributed by atoms with Crippen LogP contribution >= 0.6 is 0 Å². The minimum absolute atomic E-state index is 0.0481. The molecule has 44 heavy (non-hydrogen) atoms. The van der Waals surface area contributed by atoms with Crippen LogP contribution in [0.15, 0.2) is 78.9 Å². The van der Waals surface area contributed by atoms with Crippen LogP contribution in [0.4, 0.5) is 14.9 Å². The Hall–Kier alpha value is -4.65. The zero-order chi connectivity index (χ0) is 31.7. The van der Waals surface area contributed by atoms with Crippen molar-refractivity contribution in [1.82, 2.24) is 9.62 Å². The summed E-state index contributed by atoms with van der Waals surface area (Å²) < 4.78 is 57.7. The van der Waals surface area contributed by atoms with Gasteiger partial charge in [-0.15, -0.1) is 0 Å². The molecule has 1 aliphatic rings. The van der Waals surface area contributed by atoms with Gasteiger partial charge in [-0.1, -0.05) is 61.5 Å². The Morgan fingerprint density at radius 3 is 2.34 bits per heavy atom. The zero-order valence-corrected chi connectivity index (χ0v) is 25.2. The minimum Gasteiger partial charge on any atom is -0.497 e. The molecule has 11 nitrogen and oxygen atoms in total. The van der Waals surface area contributed by atoms with Gasteiger partial charge in [0, 0.05) is 6.42 Å². The second-order valence-corrected chi connectivity index (χ2v) is 11.8. The number of amides is 2. The number of anilines is 1. The summed E-state index contributed by atoms with van der Waals surface area (Å²) in [4.78, 5) is 38.3. The number of nitrogens with zero attached hydrogens (tertiary/aromatic N) is 2. The molecule has 3 aromatic rings. The molecule has 0 aromatic heterocycles. The van der Waals surface area contributed by atoms with Gasteiger partial charge in [0.1, 0.15) is 37.7 Å². The van der Waals surface area contributed by atoms with E-state index in [0.29, 0.717) is 16.9 Å². The molecule has 1 heterocycles. The van der Waals surface area contributed by atoms with E-state index < -0.39 is 53.5 Å². The number of carbonyl (C=O) groups is 3. The lowest BCUT2D eigenvalue weighted by molar-refractivity contribution is -0.147. The molecular weight excluding hydrogens is 593 g/mol. The van der Waals surface area contributed by atoms with Crippen LogP contribution in [0.2, 0.25) is 0 Å². The fourth-order valence-corrected chi connectivity index (χ4v) is 5.91. The third-order valence-electron chi connectivity index (χ3n) is 6.88. The number of alkyl halides is 1. The summed E-state index contributed by atoms with van der Waals surface area (Å²) in [5.74, 6) is -0.769. The maximum atomic E-state index is 13.6. The summed E-state index contributed by atoms with van der Waals surface area (Å²) >= 11 is 0. The van der Waals surface area contributed by atoms with E-state index in [9.17, 15) is 27.2 Å². The van der Waals surface area contributed by atoms with Crippen molar-refractivity contribution in [1.29, 1.82) is 0 Å². The zero-order valence-electron chi connectivity index (χ0n) is 24.3. The Kier molecular flexibility index (Phi) is 10.8. The molecule has 2 amide bonds. The molecule has 0 radical (unpaired) electrons. The molecule has 0 bridgehead atoms. The molecule has 0 aliphatic carbocycles. The van der Waals surface area contributed by atoms with Crippen LogP contribution < -0.4 is 14.4 Å². The number of hydrogen-bond donors (Lipinski definition) is 1. The van der Waals surface area contributed by atoms with E-state index >= 15 is 0 Å². The van der Waals surface area contributed by atoms with Gasteiger partial charge in [-0.05, 0) is 47.4 Å². The van der Waals surface area contributed by atoms with Gasteiger partial charge in [-0.2, -0.15) is 8.42 Å². The van der Waals surface area contributed by atoms with Crippen LogP contribution in [-0.2, 0) is 48.8 Å². The number of ether oxygens (including phenoxy) is 3. The number of halogens is 1. The number of esters is 1. The van der Waals surface area contributed by atoms with Crippen molar-refractivity contribution in [3.05, 3.63) is 95.6 Å². The Morgan fingerprint density at radius 1 is 0.955 bits per heavy atom. The molecule has 1 fully saturated rings. The van der Waals surface area contributed by atoms with E-state index in [1.165, 1.54) is 19.2 Å². The number of methoxy groups -OCH3 is 1. The Labute approximate surface area is 255 Å². The Balaban J connectivity index is 1.50. The lowest BCUT2D eigenvalue weighted by Crippen LogP contribution is -2.44. The number of hydrogen-bond acceptors (Lipinski definition) is 8. The molecule has 1 aliphatic heterocycles. The van der Waals surface area contributed by atoms with E-state index in [-0.39, 0.29) is 31.7 Å². The summed E-state index contributed by atoms with van der Waals surface area (Å²) in [5.41, 5.74) is 2.01. The first kappa shape index (κ1) is 32.3. The highest BCUT2D eigenvalue weighted by molar-refractivity contribution is 7.91. The third-order valence-corrected chi connectivity index (χ3v) is 8.66. The van der Waals surface area contributed by atoms with E-state index in [4.69, 9.17) is 14.2 Å². The predicted octanol–water partition coefficient (Wildman–Crippen LogP) is 3.92. The molecular formula is C31H34FN3O8S. The number of benzene rings is 3. The van der Waals surface area contributed by atoms with Crippen molar-refractivity contribution in [2.24, 2.45) is 0 Å². The highest BCUT2D eigenvalue weighted by atomic mass is 32.2. The molecule has 234 valence electrons. The van der Waals surface area contributed by atoms with Crippen LogP contribution in [0, 0.1) is 0 Å². The fraction of sp³-hybridized carbons (Fsp3) is 0.323. The normalized spacial score (nSPS) is 15.4. The van der Waals surface area contributed by atoms with Gasteiger partial charge >= 0.3 is 22.3 Å². The molecule has 2 atom stereocenters. The molecule has 1 saturated heterocycles. The summed E-state index contributed by atoms with van der Waals surface area (Å²) in [5, 5.41) is 2.43. The highest BCUT2D eigenvalue weighted by Crippen LogP contribution is 2.29. The molecule has 2 unspecified atom stereocenters. The van der Waals surface area contributed by atoms with Crippen LogP contribution in [0.25, 0.3) is 0 Å². The summed E-state index contributed by atoms with van der Waals surface area (Å²) in [6.07, 6.45) is -2.29. The van der Waals surface area contributed by atoms with Crippen molar-refractivity contribution in [2.45, 2.75) is 45.1 Å². The number of carbonyl (C=O) groups excluding carboxylic acids is 3. The summed E-state index contributed by atoms with van der Waals surface area (Å²) in [7, 11) is -2.70. The monoisotopic (exact) mass is 627 g/mol. The Morgan fingerprint density at radius 2 is 1.66 bits per heavy atom. The second kappa shape index (κ2) is 14.7. The molecule has 4 rings (SSSR count). The average molecular weight is 628 g/mol. The highest BCUT2D eigenvalue weighted by Gasteiger charge is 2.42. The lowest BCUT2D eigenvalue weighted by Gasteiger charge is -2.21. The second-order valence-electron chi connectivity index (χ2n) is 10.0. The van der Waals surface area contributed by atoms with Gasteiger partial charge in [0.25, 0.3) is 5.91 Å². The maximum absolute atomic E-state index is 13.6. The fourth-order valence-electron chi connectivity index (χ4n) is 4.39. The quantitative estimate of drug-likeness (QED) is 0.282. The van der Waals surface area contributed by atoms with Crippen LogP contribution in [-0.4, -0.2) is 63.2 Å². The first-order valence-electron chi connectivity index (χ1n) is 13.9. The summed E-state index contributed by atoms with van der Waals surface area (Å²) in [6, 6.07) is 20.7. The SMILES string of the molecule is CCC(F)COC(=O)NC(Cc1cccc(N2CC(=O)N(Cc3ccc(OC)cc3)S2(=O)=O)c1)C(=O)OCc1ccccc1. The van der Waals surface area contributed by atoms with E-state index in [1.54, 1.807) is 67.6 Å². The first-order chi connectivity index (χ1) is 21.1. The van der Waals surface area contributed by atoms with Gasteiger partial charge in [-0.3, -0.25) is 4.79 Å². The van der Waals surface area contributed by atoms with E-state index in [0.717, 1.165) is 14.2 Å². The molecule has 0 saturated carbocycles. The van der Waals surface area contributed by atoms with Gasteiger partial charge in [0.15, 0.2) is 0 Å². The van der Waals surface area contributed by atoms with Gasteiger partial charge < -0.3 is 19.5 Å². The minimum atomic E-state index is -4.21. The Bertz CT molecular complexity index is 1550. The van der Waals surface area contributed by atoms with Crippen LogP contribution in [0.5, 0.6) is 5.75 Å². The number of nitrogens with one attached hydrogen (secondary N) is 1. The molecule has 0 spiro atoms. The average Bonchev–Trinajstić information content (AvgIpc) is 3.26.